The van der Waals surface area contributed by atoms with Gasteiger partial charge in [0.2, 0.25) is 0 Å². The van der Waals surface area contributed by atoms with Crippen LogP contribution in [0.4, 0.5) is 16.2 Å². The molecule has 10 heteroatoms. The number of amides is 2. The van der Waals surface area contributed by atoms with Crippen molar-refractivity contribution in [3.8, 4) is 5.75 Å². The monoisotopic (exact) mass is 581 g/mol. The Morgan fingerprint density at radius 2 is 1.52 bits per heavy atom. The van der Waals surface area contributed by atoms with Crippen molar-refractivity contribution >= 4 is 68.4 Å². The van der Waals surface area contributed by atoms with Crippen LogP contribution >= 0.6 is 23.2 Å². The maximum Gasteiger partial charge on any atom is 0.417 e. The molecule has 0 unspecified atom stereocenters. The summed E-state index contributed by atoms with van der Waals surface area (Å²) >= 11 is 11.8. The lowest BCUT2D eigenvalue weighted by Crippen LogP contribution is -2.31. The molecule has 1 heterocycles. The van der Waals surface area contributed by atoms with Gasteiger partial charge in [0.25, 0.3) is 5.91 Å². The number of nitrogens with zero attached hydrogens (tertiary/aromatic N) is 3. The Morgan fingerprint density at radius 3 is 2.17 bits per heavy atom. The molecular formula is C30H33Cl2N5O3. The van der Waals surface area contributed by atoms with E-state index in [0.717, 1.165) is 16.6 Å². The van der Waals surface area contributed by atoms with Gasteiger partial charge in [0.15, 0.2) is 0 Å². The van der Waals surface area contributed by atoms with Crippen LogP contribution in [-0.4, -0.2) is 73.9 Å². The number of fused-ring (bicyclic) bond motifs is 2. The molecule has 0 spiro atoms. The Morgan fingerprint density at radius 1 is 0.875 bits per heavy atom. The van der Waals surface area contributed by atoms with E-state index in [2.05, 4.69) is 15.5 Å². The number of hydrogen-bond acceptors (Lipinski definition) is 6. The molecule has 0 aliphatic carbocycles. The number of halogens is 2. The van der Waals surface area contributed by atoms with Gasteiger partial charge in [-0.1, -0.05) is 30.3 Å². The minimum absolute atomic E-state index is 0.223. The highest BCUT2D eigenvalue weighted by atomic mass is 35.5. The van der Waals surface area contributed by atoms with Crippen molar-refractivity contribution in [1.82, 2.24) is 15.2 Å². The second-order valence-electron chi connectivity index (χ2n) is 9.59. The molecule has 0 aliphatic heterocycles. The molecule has 3 aromatic carbocycles. The van der Waals surface area contributed by atoms with Crippen LogP contribution in [0.3, 0.4) is 0 Å². The number of benzene rings is 3. The standard InChI is InChI=1S/C30H33Cl2N5O3/c1-20-6-4-7-23-26(20)34-28-24(8-5-9-25(28)29(38)33-16-19-36(2)3)27(23)35-30(39)40-22-12-10-21(11-13-22)37(17-14-31)18-15-32/h4-13H,14-19H2,1-3H3,(H,33,38)(H,34,35,39). The number of carbonyl (C=O) groups is 2. The Hall–Kier alpha value is -3.59. The van der Waals surface area contributed by atoms with Gasteiger partial charge in [0.05, 0.1) is 22.3 Å². The average molecular weight is 583 g/mol. The summed E-state index contributed by atoms with van der Waals surface area (Å²) in [5, 5.41) is 7.27. The fourth-order valence-corrected chi connectivity index (χ4v) is 4.88. The number of likely N-dealkylation sites (N-methyl/N-ethyl adjacent to an activating group) is 1. The quantitative estimate of drug-likeness (QED) is 0.170. The first-order chi connectivity index (χ1) is 19.3. The van der Waals surface area contributed by atoms with Gasteiger partial charge >= 0.3 is 6.09 Å². The molecule has 2 N–H and O–H groups in total. The second kappa shape index (κ2) is 13.7. The van der Waals surface area contributed by atoms with Gasteiger partial charge in [-0.15, -0.1) is 23.2 Å². The zero-order valence-corrected chi connectivity index (χ0v) is 24.4. The zero-order chi connectivity index (χ0) is 28.6. The fraction of sp³-hybridized carbons (Fsp3) is 0.300. The highest BCUT2D eigenvalue weighted by Gasteiger charge is 2.19. The van der Waals surface area contributed by atoms with E-state index < -0.39 is 6.09 Å². The maximum absolute atomic E-state index is 13.1. The summed E-state index contributed by atoms with van der Waals surface area (Å²) in [6, 6.07) is 18.3. The number of pyridine rings is 1. The van der Waals surface area contributed by atoms with Gasteiger partial charge in [0.1, 0.15) is 5.75 Å². The van der Waals surface area contributed by atoms with Crippen molar-refractivity contribution in [1.29, 1.82) is 0 Å². The van der Waals surface area contributed by atoms with Gasteiger partial charge in [-0.25, -0.2) is 9.78 Å². The van der Waals surface area contributed by atoms with Crippen molar-refractivity contribution in [2.75, 3.05) is 62.3 Å². The van der Waals surface area contributed by atoms with E-state index in [1.165, 1.54) is 0 Å². The number of alkyl halides is 2. The molecule has 0 radical (unpaired) electrons. The van der Waals surface area contributed by atoms with E-state index in [-0.39, 0.29) is 5.91 Å². The lowest BCUT2D eigenvalue weighted by Gasteiger charge is -2.22. The Balaban J connectivity index is 1.64. The van der Waals surface area contributed by atoms with Crippen LogP contribution in [0, 0.1) is 6.92 Å². The second-order valence-corrected chi connectivity index (χ2v) is 10.3. The molecule has 0 fully saturated rings. The molecule has 0 saturated carbocycles. The van der Waals surface area contributed by atoms with Gasteiger partial charge in [-0.3, -0.25) is 10.1 Å². The first kappa shape index (κ1) is 29.4. The van der Waals surface area contributed by atoms with Crippen LogP contribution in [-0.2, 0) is 0 Å². The van der Waals surface area contributed by atoms with E-state index in [0.29, 0.717) is 71.4 Å². The number of anilines is 2. The van der Waals surface area contributed by atoms with E-state index in [4.69, 9.17) is 32.9 Å². The Kier molecular flexibility index (Phi) is 10.0. The topological polar surface area (TPSA) is 86.8 Å². The lowest BCUT2D eigenvalue weighted by atomic mass is 10.0. The van der Waals surface area contributed by atoms with Crippen LogP contribution in [0.15, 0.2) is 60.7 Å². The highest BCUT2D eigenvalue weighted by molar-refractivity contribution is 6.19. The Bertz CT molecular complexity index is 1490. The smallest absolute Gasteiger partial charge is 0.410 e. The van der Waals surface area contributed by atoms with Crippen LogP contribution in [0.1, 0.15) is 15.9 Å². The largest absolute Gasteiger partial charge is 0.417 e. The lowest BCUT2D eigenvalue weighted by molar-refractivity contribution is 0.0952. The summed E-state index contributed by atoms with van der Waals surface area (Å²) < 4.78 is 5.63. The van der Waals surface area contributed by atoms with Crippen LogP contribution < -0.4 is 20.3 Å². The summed E-state index contributed by atoms with van der Waals surface area (Å²) in [6.45, 7) is 4.48. The number of carbonyl (C=O) groups excluding carboxylic acids is 2. The minimum Gasteiger partial charge on any atom is -0.410 e. The average Bonchev–Trinajstić information content (AvgIpc) is 2.93. The highest BCUT2D eigenvalue weighted by Crippen LogP contribution is 2.34. The molecule has 2 amide bonds. The van der Waals surface area contributed by atoms with Gasteiger partial charge in [-0.2, -0.15) is 0 Å². The Labute approximate surface area is 244 Å². The molecule has 0 bridgehead atoms. The van der Waals surface area contributed by atoms with Crippen molar-refractivity contribution in [3.63, 3.8) is 0 Å². The molecule has 4 aromatic rings. The summed E-state index contributed by atoms with van der Waals surface area (Å²) in [7, 11) is 3.90. The summed E-state index contributed by atoms with van der Waals surface area (Å²) in [4.78, 5) is 35.1. The number of aromatic nitrogens is 1. The van der Waals surface area contributed by atoms with Gasteiger partial charge < -0.3 is 19.9 Å². The van der Waals surface area contributed by atoms with Crippen LogP contribution in [0.2, 0.25) is 0 Å². The summed E-state index contributed by atoms with van der Waals surface area (Å²) in [5.74, 6) is 1.12. The minimum atomic E-state index is -0.651. The molecule has 8 nitrogen and oxygen atoms in total. The maximum atomic E-state index is 13.1. The first-order valence-corrected chi connectivity index (χ1v) is 14.1. The number of hydrogen-bond donors (Lipinski definition) is 2. The third-order valence-corrected chi connectivity index (χ3v) is 6.81. The third-order valence-electron chi connectivity index (χ3n) is 6.47. The zero-order valence-electron chi connectivity index (χ0n) is 22.8. The fourth-order valence-electron chi connectivity index (χ4n) is 4.47. The van der Waals surface area contributed by atoms with E-state index in [1.54, 1.807) is 24.3 Å². The van der Waals surface area contributed by atoms with Crippen molar-refractivity contribution in [2.24, 2.45) is 0 Å². The van der Waals surface area contributed by atoms with Gasteiger partial charge in [0, 0.05) is 54.4 Å². The number of ether oxygens (including phenoxy) is 1. The summed E-state index contributed by atoms with van der Waals surface area (Å²) in [5.41, 5.74) is 4.03. The predicted molar refractivity (Wildman–Crippen MR) is 165 cm³/mol. The SMILES string of the molecule is Cc1cccc2c(NC(=O)Oc3ccc(N(CCCl)CCCl)cc3)c3cccc(C(=O)NCCN(C)C)c3nc12. The van der Waals surface area contributed by atoms with E-state index in [1.807, 2.05) is 62.3 Å². The molecule has 0 aliphatic rings. The van der Waals surface area contributed by atoms with Gasteiger partial charge in [-0.05, 0) is 56.9 Å². The number of para-hydroxylation sites is 2. The molecule has 4 rings (SSSR count). The molecule has 0 atom stereocenters. The molecule has 210 valence electrons. The van der Waals surface area contributed by atoms with Crippen LogP contribution in [0.25, 0.3) is 21.8 Å². The summed E-state index contributed by atoms with van der Waals surface area (Å²) in [6.07, 6.45) is -0.651. The number of rotatable bonds is 11. The molecule has 40 heavy (non-hydrogen) atoms. The first-order valence-electron chi connectivity index (χ1n) is 13.0. The molecular weight excluding hydrogens is 549 g/mol. The van der Waals surface area contributed by atoms with Crippen molar-refractivity contribution < 1.29 is 14.3 Å². The molecule has 0 saturated heterocycles. The molecule has 1 aromatic heterocycles. The predicted octanol–water partition coefficient (Wildman–Crippen LogP) is 5.88. The van der Waals surface area contributed by atoms with Crippen molar-refractivity contribution in [2.45, 2.75) is 6.92 Å². The third kappa shape index (κ3) is 6.94. The van der Waals surface area contributed by atoms with Crippen molar-refractivity contribution in [3.05, 3.63) is 71.8 Å². The number of nitrogens with one attached hydrogen (secondary N) is 2. The van der Waals surface area contributed by atoms with E-state index >= 15 is 0 Å². The van der Waals surface area contributed by atoms with Crippen LogP contribution in [0.5, 0.6) is 5.75 Å². The number of aryl methyl sites for hydroxylation is 1. The normalized spacial score (nSPS) is 11.2. The van der Waals surface area contributed by atoms with E-state index in [9.17, 15) is 9.59 Å².